The molecule has 1 aliphatic rings. The molecule has 0 amide bonds. The highest BCUT2D eigenvalue weighted by Crippen LogP contribution is 2.29. The van der Waals surface area contributed by atoms with Crippen molar-refractivity contribution in [3.05, 3.63) is 41.3 Å². The predicted molar refractivity (Wildman–Crippen MR) is 80.6 cm³/mol. The van der Waals surface area contributed by atoms with E-state index in [-0.39, 0.29) is 6.04 Å². The van der Waals surface area contributed by atoms with Crippen LogP contribution in [0.5, 0.6) is 11.5 Å². The predicted octanol–water partition coefficient (Wildman–Crippen LogP) is 2.04. The zero-order valence-electron chi connectivity index (χ0n) is 11.4. The van der Waals surface area contributed by atoms with Crippen LogP contribution in [0.25, 0.3) is 0 Å². The number of rotatable bonds is 4. The number of benzene rings is 1. The van der Waals surface area contributed by atoms with E-state index in [4.69, 9.17) is 9.47 Å². The third-order valence-electron chi connectivity index (χ3n) is 3.26. The van der Waals surface area contributed by atoms with Gasteiger partial charge in [0.2, 0.25) is 10.0 Å². The largest absolute Gasteiger partial charge is 0.497 e. The number of hydrogen-bond acceptors (Lipinski definition) is 5. The van der Waals surface area contributed by atoms with Gasteiger partial charge in [-0.1, -0.05) is 6.07 Å². The quantitative estimate of drug-likeness (QED) is 0.934. The van der Waals surface area contributed by atoms with Crippen molar-refractivity contribution in [1.82, 2.24) is 4.72 Å². The minimum absolute atomic E-state index is 0.281. The molecule has 1 aromatic heterocycles. The summed E-state index contributed by atoms with van der Waals surface area (Å²) in [4.78, 5) is 0. The average Bonchev–Trinajstić information content (AvgIpc) is 3.01. The second-order valence-electron chi connectivity index (χ2n) is 4.74. The van der Waals surface area contributed by atoms with E-state index < -0.39 is 10.0 Å². The molecule has 0 radical (unpaired) electrons. The molecule has 2 heterocycles. The van der Waals surface area contributed by atoms with Crippen molar-refractivity contribution in [1.29, 1.82) is 0 Å². The summed E-state index contributed by atoms with van der Waals surface area (Å²) < 4.78 is 38.2. The Balaban J connectivity index is 1.77. The van der Waals surface area contributed by atoms with Crippen LogP contribution in [0.2, 0.25) is 0 Å². The summed E-state index contributed by atoms with van der Waals surface area (Å²) in [5.41, 5.74) is 0.944. The summed E-state index contributed by atoms with van der Waals surface area (Å²) in [6.45, 7) is 0.323. The fraction of sp³-hybridized carbons (Fsp3) is 0.286. The lowest BCUT2D eigenvalue weighted by molar-refractivity contribution is 0.253. The first-order chi connectivity index (χ1) is 10.1. The van der Waals surface area contributed by atoms with Crippen LogP contribution in [0.4, 0.5) is 0 Å². The number of hydrogen-bond donors (Lipinski definition) is 1. The molecule has 0 bridgehead atoms. The second-order valence-corrected chi connectivity index (χ2v) is 7.63. The Labute approximate surface area is 127 Å². The van der Waals surface area contributed by atoms with E-state index in [9.17, 15) is 8.42 Å². The van der Waals surface area contributed by atoms with E-state index in [1.165, 1.54) is 11.3 Å². The smallest absolute Gasteiger partial charge is 0.250 e. The third-order valence-corrected chi connectivity index (χ3v) is 6.17. The molecule has 1 aromatic carbocycles. The van der Waals surface area contributed by atoms with Crippen LogP contribution in [0.3, 0.4) is 0 Å². The van der Waals surface area contributed by atoms with Gasteiger partial charge in [0.25, 0.3) is 0 Å². The molecule has 0 saturated carbocycles. The maximum atomic E-state index is 12.2. The van der Waals surface area contributed by atoms with E-state index >= 15 is 0 Å². The van der Waals surface area contributed by atoms with Gasteiger partial charge in [0.15, 0.2) is 0 Å². The van der Waals surface area contributed by atoms with Crippen LogP contribution in [-0.4, -0.2) is 28.2 Å². The SMILES string of the molecule is COc1ccc2c(c1)CC(NS(=O)(=O)c1cccs1)CO2. The highest BCUT2D eigenvalue weighted by molar-refractivity contribution is 7.91. The lowest BCUT2D eigenvalue weighted by Gasteiger charge is -2.26. The maximum absolute atomic E-state index is 12.2. The van der Waals surface area contributed by atoms with Crippen LogP contribution in [-0.2, 0) is 16.4 Å². The molecular formula is C14H15NO4S2. The summed E-state index contributed by atoms with van der Waals surface area (Å²) in [5, 5.41) is 1.74. The molecule has 21 heavy (non-hydrogen) atoms. The van der Waals surface area contributed by atoms with Gasteiger partial charge in [-0.2, -0.15) is 0 Å². The molecular weight excluding hydrogens is 310 g/mol. The Morgan fingerprint density at radius 1 is 1.38 bits per heavy atom. The molecule has 0 saturated heterocycles. The second kappa shape index (κ2) is 5.67. The number of methoxy groups -OCH3 is 1. The summed E-state index contributed by atoms with van der Waals surface area (Å²) >= 11 is 1.20. The number of ether oxygens (including phenoxy) is 2. The molecule has 1 unspecified atom stereocenters. The van der Waals surface area contributed by atoms with E-state index in [0.29, 0.717) is 17.2 Å². The van der Waals surface area contributed by atoms with Crippen molar-refractivity contribution in [2.75, 3.05) is 13.7 Å². The van der Waals surface area contributed by atoms with Crippen LogP contribution < -0.4 is 14.2 Å². The maximum Gasteiger partial charge on any atom is 0.250 e. The van der Waals surface area contributed by atoms with Gasteiger partial charge < -0.3 is 9.47 Å². The zero-order chi connectivity index (χ0) is 14.9. The molecule has 5 nitrogen and oxygen atoms in total. The lowest BCUT2D eigenvalue weighted by Crippen LogP contribution is -2.42. The molecule has 112 valence electrons. The lowest BCUT2D eigenvalue weighted by atomic mass is 10.0. The van der Waals surface area contributed by atoms with Gasteiger partial charge in [0.05, 0.1) is 13.2 Å². The zero-order valence-corrected chi connectivity index (χ0v) is 13.0. The van der Waals surface area contributed by atoms with Gasteiger partial charge >= 0.3 is 0 Å². The fourth-order valence-electron chi connectivity index (χ4n) is 2.27. The monoisotopic (exact) mass is 325 g/mol. The van der Waals surface area contributed by atoms with Crippen molar-refractivity contribution in [3.8, 4) is 11.5 Å². The molecule has 3 rings (SSSR count). The van der Waals surface area contributed by atoms with Gasteiger partial charge in [-0.25, -0.2) is 13.1 Å². The Morgan fingerprint density at radius 3 is 2.95 bits per heavy atom. The van der Waals surface area contributed by atoms with Crippen LogP contribution in [0.15, 0.2) is 39.9 Å². The first-order valence-electron chi connectivity index (χ1n) is 6.44. The number of sulfonamides is 1. The first kappa shape index (κ1) is 14.4. The van der Waals surface area contributed by atoms with E-state index in [0.717, 1.165) is 17.1 Å². The van der Waals surface area contributed by atoms with E-state index in [1.54, 1.807) is 24.6 Å². The molecule has 0 aliphatic carbocycles. The molecule has 1 N–H and O–H groups in total. The van der Waals surface area contributed by atoms with Crippen molar-refractivity contribution < 1.29 is 17.9 Å². The van der Waals surface area contributed by atoms with Crippen LogP contribution >= 0.6 is 11.3 Å². The Bertz CT molecular complexity index is 725. The molecule has 0 spiro atoms. The average molecular weight is 325 g/mol. The van der Waals surface area contributed by atoms with Crippen LogP contribution in [0, 0.1) is 0 Å². The van der Waals surface area contributed by atoms with Crippen molar-refractivity contribution in [2.45, 2.75) is 16.7 Å². The standard InChI is InChI=1S/C14H15NO4S2/c1-18-12-4-5-13-10(8-12)7-11(9-19-13)15-21(16,17)14-3-2-6-20-14/h2-6,8,11,15H,7,9H2,1H3. The molecule has 7 heteroatoms. The highest BCUT2D eigenvalue weighted by atomic mass is 32.2. The Morgan fingerprint density at radius 2 is 2.24 bits per heavy atom. The molecule has 0 fully saturated rings. The Kier molecular flexibility index (Phi) is 3.88. The van der Waals surface area contributed by atoms with Crippen molar-refractivity contribution >= 4 is 21.4 Å². The van der Waals surface area contributed by atoms with Crippen molar-refractivity contribution in [3.63, 3.8) is 0 Å². The van der Waals surface area contributed by atoms with Gasteiger partial charge in [0, 0.05) is 0 Å². The van der Waals surface area contributed by atoms with Crippen molar-refractivity contribution in [2.24, 2.45) is 0 Å². The molecule has 1 atom stereocenters. The molecule has 1 aliphatic heterocycles. The first-order valence-corrected chi connectivity index (χ1v) is 8.80. The third kappa shape index (κ3) is 3.04. The van der Waals surface area contributed by atoms with Gasteiger partial charge in [-0.3, -0.25) is 0 Å². The molecule has 2 aromatic rings. The number of nitrogens with one attached hydrogen (secondary N) is 1. The normalized spacial score (nSPS) is 17.9. The summed E-state index contributed by atoms with van der Waals surface area (Å²) in [6.07, 6.45) is 0.580. The van der Waals surface area contributed by atoms with Gasteiger partial charge in [-0.05, 0) is 41.6 Å². The fourth-order valence-corrected chi connectivity index (χ4v) is 4.50. The van der Waals surface area contributed by atoms with E-state index in [2.05, 4.69) is 4.72 Å². The van der Waals surface area contributed by atoms with Gasteiger partial charge in [-0.15, -0.1) is 11.3 Å². The van der Waals surface area contributed by atoms with Crippen LogP contribution in [0.1, 0.15) is 5.56 Å². The van der Waals surface area contributed by atoms with E-state index in [1.807, 2.05) is 18.2 Å². The summed E-state index contributed by atoms with van der Waals surface area (Å²) in [7, 11) is -1.88. The Hall–Kier alpha value is -1.57. The minimum atomic E-state index is -3.48. The minimum Gasteiger partial charge on any atom is -0.497 e. The number of thiophene rings is 1. The summed E-state index contributed by atoms with van der Waals surface area (Å²) in [6, 6.07) is 8.58. The van der Waals surface area contributed by atoms with Gasteiger partial charge in [0.1, 0.15) is 22.3 Å². The number of fused-ring (bicyclic) bond motifs is 1. The highest BCUT2D eigenvalue weighted by Gasteiger charge is 2.26. The summed E-state index contributed by atoms with van der Waals surface area (Å²) in [5.74, 6) is 1.52. The topological polar surface area (TPSA) is 64.6 Å².